The predicted molar refractivity (Wildman–Crippen MR) is 111 cm³/mol. The fraction of sp³-hybridized carbons (Fsp3) is 0.391. The zero-order valence-electron chi connectivity index (χ0n) is 16.1. The Kier molecular flexibility index (Phi) is 4.51. The number of benzene rings is 2. The van der Waals surface area contributed by atoms with Gasteiger partial charge in [0, 0.05) is 31.6 Å². The van der Waals surface area contributed by atoms with Crippen LogP contribution in [0, 0.1) is 5.92 Å². The van der Waals surface area contributed by atoms with Gasteiger partial charge in [0.15, 0.2) is 0 Å². The molecular weight excluding hydrogens is 348 g/mol. The normalized spacial score (nSPS) is 17.8. The molecular formula is C23H26N4O. The van der Waals surface area contributed by atoms with Gasteiger partial charge in [-0.1, -0.05) is 42.5 Å². The van der Waals surface area contributed by atoms with Gasteiger partial charge in [0.25, 0.3) is 0 Å². The summed E-state index contributed by atoms with van der Waals surface area (Å²) in [5.74, 6) is 1.40. The lowest BCUT2D eigenvalue weighted by atomic mass is 9.95. The van der Waals surface area contributed by atoms with Gasteiger partial charge in [0.05, 0.1) is 11.0 Å². The minimum Gasteiger partial charge on any atom is -0.342 e. The molecule has 28 heavy (non-hydrogen) atoms. The van der Waals surface area contributed by atoms with Crippen LogP contribution in [0.15, 0.2) is 54.6 Å². The van der Waals surface area contributed by atoms with Gasteiger partial charge in [-0.25, -0.2) is 4.98 Å². The summed E-state index contributed by atoms with van der Waals surface area (Å²) in [6.45, 7) is 2.49. The lowest BCUT2D eigenvalue weighted by Gasteiger charge is -2.34. The van der Waals surface area contributed by atoms with Crippen LogP contribution in [-0.4, -0.2) is 39.9 Å². The Morgan fingerprint density at radius 3 is 2.43 bits per heavy atom. The highest BCUT2D eigenvalue weighted by molar-refractivity contribution is 5.80. The Hall–Kier alpha value is -2.82. The van der Waals surface area contributed by atoms with E-state index in [-0.39, 0.29) is 5.92 Å². The molecule has 2 heterocycles. The number of amides is 1. The minimum atomic E-state index is 0.130. The number of imidazole rings is 1. The number of carbonyl (C=O) groups is 1. The van der Waals surface area contributed by atoms with Crippen molar-refractivity contribution < 1.29 is 4.79 Å². The number of para-hydroxylation sites is 2. The molecule has 2 fully saturated rings. The van der Waals surface area contributed by atoms with Gasteiger partial charge in [-0.05, 0) is 43.4 Å². The Balaban J connectivity index is 1.24. The molecule has 5 rings (SSSR count). The fourth-order valence-electron chi connectivity index (χ4n) is 4.22. The number of hydrogen-bond donors (Lipinski definition) is 1. The summed E-state index contributed by atoms with van der Waals surface area (Å²) in [7, 11) is 0. The van der Waals surface area contributed by atoms with E-state index in [2.05, 4.69) is 45.1 Å². The molecule has 0 atom stereocenters. The van der Waals surface area contributed by atoms with E-state index >= 15 is 0 Å². The zero-order valence-corrected chi connectivity index (χ0v) is 16.1. The van der Waals surface area contributed by atoms with Crippen LogP contribution in [0.1, 0.15) is 31.2 Å². The van der Waals surface area contributed by atoms with E-state index in [0.717, 1.165) is 62.3 Å². The molecule has 0 radical (unpaired) electrons. The van der Waals surface area contributed by atoms with Gasteiger partial charge in [-0.15, -0.1) is 0 Å². The number of carbonyl (C=O) groups excluding carboxylic acids is 1. The van der Waals surface area contributed by atoms with Gasteiger partial charge < -0.3 is 14.8 Å². The predicted octanol–water partition coefficient (Wildman–Crippen LogP) is 3.97. The summed E-state index contributed by atoms with van der Waals surface area (Å²) < 4.78 is 0. The number of aromatic nitrogens is 2. The summed E-state index contributed by atoms with van der Waals surface area (Å²) in [6, 6.07) is 18.9. The number of rotatable bonds is 5. The summed E-state index contributed by atoms with van der Waals surface area (Å²) in [6.07, 6.45) is 4.09. The van der Waals surface area contributed by atoms with Crippen molar-refractivity contribution in [3.63, 3.8) is 0 Å². The molecule has 1 aliphatic carbocycles. The van der Waals surface area contributed by atoms with Crippen LogP contribution >= 0.6 is 0 Å². The van der Waals surface area contributed by atoms with Crippen LogP contribution in [0.2, 0.25) is 0 Å². The molecule has 3 aromatic rings. The molecule has 1 aromatic heterocycles. The molecule has 2 aliphatic rings. The average Bonchev–Trinajstić information content (AvgIpc) is 3.50. The van der Waals surface area contributed by atoms with Crippen molar-refractivity contribution in [3.05, 3.63) is 60.2 Å². The Morgan fingerprint density at radius 1 is 1.00 bits per heavy atom. The summed E-state index contributed by atoms with van der Waals surface area (Å²) in [5.41, 5.74) is 3.29. The van der Waals surface area contributed by atoms with E-state index in [1.807, 2.05) is 24.3 Å². The lowest BCUT2D eigenvalue weighted by Crippen LogP contribution is -2.43. The molecule has 1 N–H and O–H groups in total. The summed E-state index contributed by atoms with van der Waals surface area (Å²) >= 11 is 0. The van der Waals surface area contributed by atoms with Crippen molar-refractivity contribution in [2.75, 3.05) is 18.0 Å². The molecule has 0 unspecified atom stereocenters. The second kappa shape index (κ2) is 7.30. The first kappa shape index (κ1) is 17.3. The molecule has 1 saturated carbocycles. The zero-order chi connectivity index (χ0) is 18.9. The molecule has 1 saturated heterocycles. The highest BCUT2D eigenvalue weighted by atomic mass is 16.2. The maximum Gasteiger partial charge on any atom is 0.226 e. The van der Waals surface area contributed by atoms with Crippen molar-refractivity contribution in [3.8, 4) is 0 Å². The maximum atomic E-state index is 13.3. The monoisotopic (exact) mass is 374 g/mol. The average molecular weight is 374 g/mol. The summed E-state index contributed by atoms with van der Waals surface area (Å²) in [5, 5.41) is 0. The van der Waals surface area contributed by atoms with Crippen molar-refractivity contribution in [2.24, 2.45) is 5.92 Å². The quantitative estimate of drug-likeness (QED) is 0.735. The van der Waals surface area contributed by atoms with Crippen molar-refractivity contribution in [1.29, 1.82) is 0 Å². The van der Waals surface area contributed by atoms with Gasteiger partial charge in [-0.3, -0.25) is 4.79 Å². The lowest BCUT2D eigenvalue weighted by molar-refractivity contribution is -0.137. The van der Waals surface area contributed by atoms with Crippen molar-refractivity contribution in [2.45, 2.75) is 38.3 Å². The maximum absolute atomic E-state index is 13.3. The van der Waals surface area contributed by atoms with Crippen LogP contribution in [0.25, 0.3) is 11.0 Å². The van der Waals surface area contributed by atoms with E-state index in [0.29, 0.717) is 11.9 Å². The second-order valence-corrected chi connectivity index (χ2v) is 8.02. The molecule has 2 aromatic carbocycles. The number of piperidine rings is 1. The third-order valence-corrected chi connectivity index (χ3v) is 5.99. The third kappa shape index (κ3) is 3.49. The van der Waals surface area contributed by atoms with Crippen LogP contribution < -0.4 is 4.90 Å². The topological polar surface area (TPSA) is 52.2 Å². The smallest absolute Gasteiger partial charge is 0.226 e. The molecule has 0 bridgehead atoms. The minimum absolute atomic E-state index is 0.130. The number of anilines is 1. The van der Waals surface area contributed by atoms with E-state index in [1.165, 1.54) is 5.56 Å². The molecule has 0 spiro atoms. The first-order valence-electron chi connectivity index (χ1n) is 10.3. The Morgan fingerprint density at radius 2 is 1.71 bits per heavy atom. The fourth-order valence-corrected chi connectivity index (χ4v) is 4.22. The van der Waals surface area contributed by atoms with E-state index < -0.39 is 0 Å². The van der Waals surface area contributed by atoms with Gasteiger partial charge in [0.2, 0.25) is 11.9 Å². The highest BCUT2D eigenvalue weighted by Crippen LogP contribution is 2.32. The second-order valence-electron chi connectivity index (χ2n) is 8.02. The Bertz CT molecular complexity index is 922. The van der Waals surface area contributed by atoms with E-state index in [1.54, 1.807) is 0 Å². The van der Waals surface area contributed by atoms with Crippen LogP contribution in [-0.2, 0) is 11.3 Å². The van der Waals surface area contributed by atoms with Gasteiger partial charge >= 0.3 is 0 Å². The van der Waals surface area contributed by atoms with Crippen LogP contribution in [0.5, 0.6) is 0 Å². The molecule has 5 heteroatoms. The van der Waals surface area contributed by atoms with Gasteiger partial charge in [-0.2, -0.15) is 0 Å². The van der Waals surface area contributed by atoms with E-state index in [9.17, 15) is 4.79 Å². The molecule has 1 aliphatic heterocycles. The van der Waals surface area contributed by atoms with E-state index in [4.69, 9.17) is 4.98 Å². The highest BCUT2D eigenvalue weighted by Gasteiger charge is 2.37. The van der Waals surface area contributed by atoms with Gasteiger partial charge in [0.1, 0.15) is 0 Å². The van der Waals surface area contributed by atoms with Crippen LogP contribution in [0.4, 0.5) is 5.95 Å². The summed E-state index contributed by atoms with van der Waals surface area (Å²) in [4.78, 5) is 25.8. The number of nitrogens with zero attached hydrogens (tertiary/aromatic N) is 3. The number of aromatic amines is 1. The SMILES string of the molecule is O=C(C1CCN(c2nc3ccccc3[nH]2)CC1)N(Cc1ccccc1)C1CC1. The largest absolute Gasteiger partial charge is 0.342 e. The van der Waals surface area contributed by atoms with Crippen molar-refractivity contribution in [1.82, 2.24) is 14.9 Å². The first-order chi connectivity index (χ1) is 13.8. The van der Waals surface area contributed by atoms with Crippen molar-refractivity contribution >= 4 is 22.9 Å². The molecule has 144 valence electrons. The Labute approximate surface area is 165 Å². The molecule has 5 nitrogen and oxygen atoms in total. The number of hydrogen-bond acceptors (Lipinski definition) is 3. The first-order valence-corrected chi connectivity index (χ1v) is 10.3. The number of H-pyrrole nitrogens is 1. The standard InChI is InChI=1S/C23H26N4O/c28-22(27(19-10-11-19)16-17-6-2-1-3-7-17)18-12-14-26(15-13-18)23-24-20-8-4-5-9-21(20)25-23/h1-9,18-19H,10-16H2,(H,24,25). The number of nitrogens with one attached hydrogen (secondary N) is 1. The third-order valence-electron chi connectivity index (χ3n) is 5.99. The molecule has 1 amide bonds. The van der Waals surface area contributed by atoms with Crippen LogP contribution in [0.3, 0.4) is 0 Å². The number of fused-ring (bicyclic) bond motifs is 1.